The first-order valence-electron chi connectivity index (χ1n) is 7.19. The molecular formula is C14H26N2O3. The van der Waals surface area contributed by atoms with Crippen LogP contribution in [0.2, 0.25) is 0 Å². The van der Waals surface area contributed by atoms with Crippen LogP contribution < -0.4 is 5.32 Å². The van der Waals surface area contributed by atoms with Crippen LogP contribution in [-0.4, -0.2) is 54.0 Å². The molecule has 2 aliphatic rings. The van der Waals surface area contributed by atoms with Crippen LogP contribution in [0, 0.1) is 5.41 Å². The van der Waals surface area contributed by atoms with Gasteiger partial charge in [0.05, 0.1) is 6.10 Å². The Hall–Kier alpha value is -0.810. The third-order valence-electron chi connectivity index (χ3n) is 4.19. The van der Waals surface area contributed by atoms with Crippen molar-refractivity contribution in [2.75, 3.05) is 26.2 Å². The SMILES string of the molecule is CC(C)(C)OC(=O)N1CCC2(CC1)CNCC[C@H]2O. The fourth-order valence-electron chi connectivity index (χ4n) is 2.97. The molecule has 1 amide bonds. The van der Waals surface area contributed by atoms with E-state index in [2.05, 4.69) is 5.32 Å². The van der Waals surface area contributed by atoms with Crippen LogP contribution in [0.15, 0.2) is 0 Å². The van der Waals surface area contributed by atoms with Crippen molar-refractivity contribution in [3.05, 3.63) is 0 Å². The molecule has 1 spiro atoms. The Morgan fingerprint density at radius 3 is 2.53 bits per heavy atom. The van der Waals surface area contributed by atoms with Crippen molar-refractivity contribution >= 4 is 6.09 Å². The number of likely N-dealkylation sites (tertiary alicyclic amines) is 1. The first kappa shape index (κ1) is 14.6. The van der Waals surface area contributed by atoms with Gasteiger partial charge in [0.1, 0.15) is 5.60 Å². The second-order valence-electron chi connectivity index (χ2n) is 6.81. The molecule has 2 saturated heterocycles. The number of hydrogen-bond acceptors (Lipinski definition) is 4. The smallest absolute Gasteiger partial charge is 0.410 e. The largest absolute Gasteiger partial charge is 0.444 e. The standard InChI is InChI=1S/C14H26N2O3/c1-13(2,3)19-12(18)16-8-5-14(6-9-16)10-15-7-4-11(14)17/h11,15,17H,4-10H2,1-3H3/t11-/m1/s1. The van der Waals surface area contributed by atoms with E-state index in [1.807, 2.05) is 20.8 Å². The summed E-state index contributed by atoms with van der Waals surface area (Å²) in [5.41, 5.74) is -0.491. The molecule has 0 aromatic heterocycles. The lowest BCUT2D eigenvalue weighted by atomic mass is 9.71. The van der Waals surface area contributed by atoms with E-state index < -0.39 is 5.60 Å². The van der Waals surface area contributed by atoms with Crippen molar-refractivity contribution in [3.63, 3.8) is 0 Å². The topological polar surface area (TPSA) is 61.8 Å². The second-order valence-corrected chi connectivity index (χ2v) is 6.81. The van der Waals surface area contributed by atoms with E-state index in [9.17, 15) is 9.90 Å². The minimum Gasteiger partial charge on any atom is -0.444 e. The van der Waals surface area contributed by atoms with Crippen LogP contribution in [0.5, 0.6) is 0 Å². The van der Waals surface area contributed by atoms with Crippen molar-refractivity contribution in [3.8, 4) is 0 Å². The van der Waals surface area contributed by atoms with E-state index in [4.69, 9.17) is 4.74 Å². The number of nitrogens with zero attached hydrogens (tertiary/aromatic N) is 1. The van der Waals surface area contributed by atoms with Gasteiger partial charge in [-0.15, -0.1) is 0 Å². The molecule has 2 aliphatic heterocycles. The van der Waals surface area contributed by atoms with Gasteiger partial charge in [0, 0.05) is 25.0 Å². The number of carbonyl (C=O) groups is 1. The summed E-state index contributed by atoms with van der Waals surface area (Å²) in [5.74, 6) is 0. The summed E-state index contributed by atoms with van der Waals surface area (Å²) in [4.78, 5) is 13.8. The average molecular weight is 270 g/mol. The number of amides is 1. The molecule has 110 valence electrons. The van der Waals surface area contributed by atoms with Crippen molar-refractivity contribution in [2.24, 2.45) is 5.41 Å². The van der Waals surface area contributed by atoms with Crippen molar-refractivity contribution in [1.82, 2.24) is 10.2 Å². The van der Waals surface area contributed by atoms with E-state index in [0.29, 0.717) is 13.1 Å². The highest BCUT2D eigenvalue weighted by atomic mass is 16.6. The normalized spacial score (nSPS) is 27.4. The first-order chi connectivity index (χ1) is 8.82. The van der Waals surface area contributed by atoms with Gasteiger partial charge in [-0.2, -0.15) is 0 Å². The summed E-state index contributed by atoms with van der Waals surface area (Å²) in [7, 11) is 0. The van der Waals surface area contributed by atoms with E-state index in [0.717, 1.165) is 32.4 Å². The number of hydrogen-bond donors (Lipinski definition) is 2. The highest BCUT2D eigenvalue weighted by Gasteiger charge is 2.43. The quantitative estimate of drug-likeness (QED) is 0.697. The van der Waals surface area contributed by atoms with Gasteiger partial charge in [-0.1, -0.05) is 0 Å². The zero-order chi connectivity index (χ0) is 14.1. The van der Waals surface area contributed by atoms with Crippen molar-refractivity contribution in [2.45, 2.75) is 51.7 Å². The lowest BCUT2D eigenvalue weighted by molar-refractivity contribution is -0.0477. The molecule has 0 aliphatic carbocycles. The summed E-state index contributed by atoms with van der Waals surface area (Å²) in [6.45, 7) is 8.73. The predicted molar refractivity (Wildman–Crippen MR) is 73.0 cm³/mol. The van der Waals surface area contributed by atoms with Gasteiger partial charge in [0.2, 0.25) is 0 Å². The molecule has 5 nitrogen and oxygen atoms in total. The second kappa shape index (κ2) is 5.29. The zero-order valence-corrected chi connectivity index (χ0v) is 12.2. The highest BCUT2D eigenvalue weighted by Crippen LogP contribution is 2.37. The van der Waals surface area contributed by atoms with Crippen LogP contribution in [0.25, 0.3) is 0 Å². The molecule has 2 rings (SSSR count). The average Bonchev–Trinajstić information content (AvgIpc) is 2.32. The lowest BCUT2D eigenvalue weighted by Crippen LogP contribution is -2.56. The maximum atomic E-state index is 12.0. The summed E-state index contributed by atoms with van der Waals surface area (Å²) in [5, 5.41) is 13.6. The highest BCUT2D eigenvalue weighted by molar-refractivity contribution is 5.68. The maximum Gasteiger partial charge on any atom is 0.410 e. The summed E-state index contributed by atoms with van der Waals surface area (Å²) < 4.78 is 5.39. The molecule has 5 heteroatoms. The molecule has 0 unspecified atom stereocenters. The number of aliphatic hydroxyl groups is 1. The Morgan fingerprint density at radius 1 is 1.37 bits per heavy atom. The summed E-state index contributed by atoms with van der Waals surface area (Å²) >= 11 is 0. The van der Waals surface area contributed by atoms with E-state index >= 15 is 0 Å². The van der Waals surface area contributed by atoms with Crippen LogP contribution >= 0.6 is 0 Å². The number of aliphatic hydroxyl groups excluding tert-OH is 1. The van der Waals surface area contributed by atoms with E-state index in [1.165, 1.54) is 0 Å². The molecule has 0 aromatic carbocycles. The number of nitrogens with one attached hydrogen (secondary N) is 1. The molecule has 1 atom stereocenters. The zero-order valence-electron chi connectivity index (χ0n) is 12.2. The number of carbonyl (C=O) groups excluding carboxylic acids is 1. The van der Waals surface area contributed by atoms with Gasteiger partial charge in [-0.3, -0.25) is 0 Å². The molecule has 2 N–H and O–H groups in total. The van der Waals surface area contributed by atoms with Gasteiger partial charge in [0.25, 0.3) is 0 Å². The minimum atomic E-state index is -0.446. The van der Waals surface area contributed by atoms with Crippen molar-refractivity contribution in [1.29, 1.82) is 0 Å². The molecule has 0 bridgehead atoms. The van der Waals surface area contributed by atoms with Crippen LogP contribution in [-0.2, 0) is 4.74 Å². The molecule has 19 heavy (non-hydrogen) atoms. The Labute approximate surface area is 115 Å². The maximum absolute atomic E-state index is 12.0. The fraction of sp³-hybridized carbons (Fsp3) is 0.929. The summed E-state index contributed by atoms with van der Waals surface area (Å²) in [6.07, 6.45) is 2.03. The molecule has 0 radical (unpaired) electrons. The minimum absolute atomic E-state index is 0.0449. The monoisotopic (exact) mass is 270 g/mol. The summed E-state index contributed by atoms with van der Waals surface area (Å²) in [6, 6.07) is 0. The van der Waals surface area contributed by atoms with Crippen LogP contribution in [0.4, 0.5) is 4.79 Å². The van der Waals surface area contributed by atoms with Gasteiger partial charge < -0.3 is 20.1 Å². The van der Waals surface area contributed by atoms with E-state index in [1.54, 1.807) is 4.90 Å². The Bertz CT molecular complexity index is 330. The fourth-order valence-corrected chi connectivity index (χ4v) is 2.97. The third-order valence-corrected chi connectivity index (χ3v) is 4.19. The molecule has 0 saturated carbocycles. The predicted octanol–water partition coefficient (Wildman–Crippen LogP) is 1.36. The first-order valence-corrected chi connectivity index (χ1v) is 7.19. The number of ether oxygens (including phenoxy) is 1. The Balaban J connectivity index is 1.90. The molecular weight excluding hydrogens is 244 g/mol. The molecule has 2 heterocycles. The van der Waals surface area contributed by atoms with Crippen molar-refractivity contribution < 1.29 is 14.6 Å². The van der Waals surface area contributed by atoms with Gasteiger partial charge in [0.15, 0.2) is 0 Å². The third kappa shape index (κ3) is 3.39. The Morgan fingerprint density at radius 2 is 2.00 bits per heavy atom. The molecule has 2 fully saturated rings. The van der Waals surface area contributed by atoms with E-state index in [-0.39, 0.29) is 17.6 Å². The van der Waals surface area contributed by atoms with Gasteiger partial charge in [-0.05, 0) is 46.6 Å². The molecule has 0 aromatic rings. The van der Waals surface area contributed by atoms with Gasteiger partial charge >= 0.3 is 6.09 Å². The number of rotatable bonds is 0. The van der Waals surface area contributed by atoms with Crippen LogP contribution in [0.3, 0.4) is 0 Å². The lowest BCUT2D eigenvalue weighted by Gasteiger charge is -2.47. The Kier molecular flexibility index (Phi) is 4.06. The van der Waals surface area contributed by atoms with Gasteiger partial charge in [-0.25, -0.2) is 4.79 Å². The van der Waals surface area contributed by atoms with Crippen LogP contribution in [0.1, 0.15) is 40.0 Å². The number of piperidine rings is 2.